The lowest BCUT2D eigenvalue weighted by atomic mass is 10.1. The van der Waals surface area contributed by atoms with Crippen LogP contribution in [0.2, 0.25) is 0 Å². The van der Waals surface area contributed by atoms with Gasteiger partial charge in [-0.2, -0.15) is 4.98 Å². The Labute approximate surface area is 167 Å². The molecule has 1 aliphatic rings. The molecule has 12 heteroatoms. The standard InChI is InChI=1S/C18H11N5O7/c24-14(29-9-13-20-16(21-30-13)10-3-2-6-19-7-10)8-22-17(25)11-4-1-5-12(23(27)28)15(11)18(22)26/h1-7H,8-9H2. The van der Waals surface area contributed by atoms with Crippen LogP contribution in [-0.2, 0) is 16.1 Å². The van der Waals surface area contributed by atoms with Crippen LogP contribution in [0.25, 0.3) is 11.4 Å². The zero-order valence-corrected chi connectivity index (χ0v) is 15.0. The first-order valence-electron chi connectivity index (χ1n) is 8.48. The minimum Gasteiger partial charge on any atom is -0.454 e. The molecule has 2 aromatic heterocycles. The van der Waals surface area contributed by atoms with Crippen molar-refractivity contribution in [3.8, 4) is 11.4 Å². The average molecular weight is 409 g/mol. The van der Waals surface area contributed by atoms with Crippen molar-refractivity contribution in [2.45, 2.75) is 6.61 Å². The van der Waals surface area contributed by atoms with Gasteiger partial charge in [0, 0.05) is 24.0 Å². The van der Waals surface area contributed by atoms with Crippen LogP contribution in [0, 0.1) is 10.1 Å². The Morgan fingerprint density at radius 3 is 2.77 bits per heavy atom. The summed E-state index contributed by atoms with van der Waals surface area (Å²) in [5.74, 6) is -2.42. The number of rotatable bonds is 6. The Hall–Kier alpha value is -4.48. The fraction of sp³-hybridized carbons (Fsp3) is 0.111. The van der Waals surface area contributed by atoms with Gasteiger partial charge in [-0.05, 0) is 18.2 Å². The van der Waals surface area contributed by atoms with Gasteiger partial charge < -0.3 is 9.26 Å². The molecular weight excluding hydrogens is 398 g/mol. The molecule has 0 spiro atoms. The second-order valence-electron chi connectivity index (χ2n) is 6.07. The predicted octanol–water partition coefficient (Wildman–Crippen LogP) is 1.38. The van der Waals surface area contributed by atoms with Crippen molar-refractivity contribution in [2.75, 3.05) is 6.54 Å². The summed E-state index contributed by atoms with van der Waals surface area (Å²) < 4.78 is 9.97. The highest BCUT2D eigenvalue weighted by Gasteiger charge is 2.41. The van der Waals surface area contributed by atoms with Crippen molar-refractivity contribution in [2.24, 2.45) is 0 Å². The third-order valence-electron chi connectivity index (χ3n) is 4.21. The lowest BCUT2D eigenvalue weighted by molar-refractivity contribution is -0.385. The number of pyridine rings is 1. The number of benzene rings is 1. The molecule has 0 unspecified atom stereocenters. The van der Waals surface area contributed by atoms with E-state index in [1.807, 2.05) is 0 Å². The van der Waals surface area contributed by atoms with Crippen molar-refractivity contribution in [3.63, 3.8) is 0 Å². The summed E-state index contributed by atoms with van der Waals surface area (Å²) in [7, 11) is 0. The van der Waals surface area contributed by atoms with E-state index in [0.29, 0.717) is 10.5 Å². The Balaban J connectivity index is 1.41. The van der Waals surface area contributed by atoms with E-state index in [1.54, 1.807) is 18.3 Å². The van der Waals surface area contributed by atoms with Gasteiger partial charge in [0.05, 0.1) is 10.5 Å². The Bertz CT molecular complexity index is 1170. The Kier molecular flexibility index (Phi) is 4.72. The van der Waals surface area contributed by atoms with E-state index in [0.717, 1.165) is 6.07 Å². The van der Waals surface area contributed by atoms with Gasteiger partial charge in [0.1, 0.15) is 12.1 Å². The first-order chi connectivity index (χ1) is 14.5. The summed E-state index contributed by atoms with van der Waals surface area (Å²) in [5, 5.41) is 14.9. The Morgan fingerprint density at radius 1 is 1.20 bits per heavy atom. The third-order valence-corrected chi connectivity index (χ3v) is 4.21. The van der Waals surface area contributed by atoms with Crippen LogP contribution in [-0.4, -0.2) is 49.3 Å². The highest BCUT2D eigenvalue weighted by atomic mass is 16.6. The van der Waals surface area contributed by atoms with Gasteiger partial charge in [-0.25, -0.2) is 0 Å². The normalized spacial score (nSPS) is 12.7. The molecule has 150 valence electrons. The van der Waals surface area contributed by atoms with E-state index in [-0.39, 0.29) is 29.4 Å². The van der Waals surface area contributed by atoms with Crippen molar-refractivity contribution >= 4 is 23.5 Å². The number of carbonyl (C=O) groups excluding carboxylic acids is 3. The van der Waals surface area contributed by atoms with Crippen LogP contribution in [0.1, 0.15) is 26.6 Å². The first-order valence-corrected chi connectivity index (χ1v) is 8.48. The van der Waals surface area contributed by atoms with Crippen LogP contribution in [0.15, 0.2) is 47.2 Å². The van der Waals surface area contributed by atoms with E-state index in [4.69, 9.17) is 9.26 Å². The van der Waals surface area contributed by atoms with E-state index in [1.165, 1.54) is 18.3 Å². The van der Waals surface area contributed by atoms with Crippen LogP contribution < -0.4 is 0 Å². The molecule has 2 amide bonds. The van der Waals surface area contributed by atoms with E-state index in [9.17, 15) is 24.5 Å². The number of nitrogens with zero attached hydrogens (tertiary/aromatic N) is 5. The monoisotopic (exact) mass is 409 g/mol. The van der Waals surface area contributed by atoms with Gasteiger partial charge in [0.25, 0.3) is 23.4 Å². The number of esters is 1. The molecule has 0 N–H and O–H groups in total. The maximum absolute atomic E-state index is 12.4. The van der Waals surface area contributed by atoms with Gasteiger partial charge in [0.15, 0.2) is 6.61 Å². The second-order valence-corrected chi connectivity index (χ2v) is 6.07. The zero-order valence-electron chi connectivity index (χ0n) is 15.0. The number of hydrogen-bond donors (Lipinski definition) is 0. The van der Waals surface area contributed by atoms with Crippen molar-refractivity contribution in [3.05, 3.63) is 69.9 Å². The van der Waals surface area contributed by atoms with E-state index in [2.05, 4.69) is 15.1 Å². The molecule has 0 radical (unpaired) electrons. The lowest BCUT2D eigenvalue weighted by Gasteiger charge is -2.12. The smallest absolute Gasteiger partial charge is 0.326 e. The number of ether oxygens (including phenoxy) is 1. The second kappa shape index (κ2) is 7.50. The van der Waals surface area contributed by atoms with Gasteiger partial charge in [-0.3, -0.25) is 34.4 Å². The molecule has 1 aliphatic heterocycles. The summed E-state index contributed by atoms with van der Waals surface area (Å²) in [5.41, 5.74) is -0.389. The molecule has 0 saturated heterocycles. The molecule has 30 heavy (non-hydrogen) atoms. The molecule has 3 aromatic rings. The highest BCUT2D eigenvalue weighted by Crippen LogP contribution is 2.30. The van der Waals surface area contributed by atoms with Crippen LogP contribution in [0.3, 0.4) is 0 Å². The summed E-state index contributed by atoms with van der Waals surface area (Å²) in [4.78, 5) is 55.9. The number of carbonyl (C=O) groups is 3. The maximum atomic E-state index is 12.4. The summed E-state index contributed by atoms with van der Waals surface area (Å²) >= 11 is 0. The third kappa shape index (κ3) is 3.37. The molecular formula is C18H11N5O7. The van der Waals surface area contributed by atoms with Gasteiger partial charge >= 0.3 is 5.97 Å². The number of imide groups is 1. The van der Waals surface area contributed by atoms with Crippen molar-refractivity contribution in [1.29, 1.82) is 0 Å². The fourth-order valence-electron chi connectivity index (χ4n) is 2.85. The van der Waals surface area contributed by atoms with Crippen molar-refractivity contribution in [1.82, 2.24) is 20.0 Å². The summed E-state index contributed by atoms with van der Waals surface area (Å²) in [6, 6.07) is 7.10. The number of hydrogen-bond acceptors (Lipinski definition) is 10. The van der Waals surface area contributed by atoms with Gasteiger partial charge in [-0.15, -0.1) is 0 Å². The number of amides is 2. The molecule has 0 bridgehead atoms. The molecule has 1 aromatic carbocycles. The van der Waals surface area contributed by atoms with Crippen molar-refractivity contribution < 1.29 is 28.6 Å². The maximum Gasteiger partial charge on any atom is 0.326 e. The molecule has 3 heterocycles. The quantitative estimate of drug-likeness (QED) is 0.252. The predicted molar refractivity (Wildman–Crippen MR) is 95.8 cm³/mol. The van der Waals surface area contributed by atoms with Crippen LogP contribution >= 0.6 is 0 Å². The first kappa shape index (κ1) is 18.9. The highest BCUT2D eigenvalue weighted by molar-refractivity contribution is 6.24. The number of nitro groups is 1. The van der Waals surface area contributed by atoms with Gasteiger partial charge in [0.2, 0.25) is 5.82 Å². The molecule has 12 nitrogen and oxygen atoms in total. The fourth-order valence-corrected chi connectivity index (χ4v) is 2.85. The zero-order chi connectivity index (χ0) is 21.3. The number of fused-ring (bicyclic) bond motifs is 1. The molecule has 0 atom stereocenters. The van der Waals surface area contributed by atoms with E-state index >= 15 is 0 Å². The van der Waals surface area contributed by atoms with Crippen LogP contribution in [0.5, 0.6) is 0 Å². The lowest BCUT2D eigenvalue weighted by Crippen LogP contribution is -2.35. The Morgan fingerprint density at radius 2 is 2.03 bits per heavy atom. The molecule has 0 aliphatic carbocycles. The topological polar surface area (TPSA) is 159 Å². The molecule has 4 rings (SSSR count). The summed E-state index contributed by atoms with van der Waals surface area (Å²) in [6.45, 7) is -1.09. The molecule has 0 saturated carbocycles. The van der Waals surface area contributed by atoms with Gasteiger partial charge in [-0.1, -0.05) is 11.2 Å². The minimum absolute atomic E-state index is 0.000187. The minimum atomic E-state index is -0.934. The number of nitro benzene ring substituents is 1. The van der Waals surface area contributed by atoms with E-state index < -0.39 is 34.9 Å². The average Bonchev–Trinajstić information content (AvgIpc) is 3.32. The van der Waals surface area contributed by atoms with Crippen LogP contribution in [0.4, 0.5) is 5.69 Å². The molecule has 0 fully saturated rings. The largest absolute Gasteiger partial charge is 0.454 e. The number of aromatic nitrogens is 3. The summed E-state index contributed by atoms with van der Waals surface area (Å²) in [6.07, 6.45) is 3.11. The SMILES string of the molecule is O=C(CN1C(=O)c2cccc([N+](=O)[O-])c2C1=O)OCc1nc(-c2cccnc2)no1.